The van der Waals surface area contributed by atoms with Crippen molar-refractivity contribution in [3.8, 4) is 5.75 Å². The molecule has 0 saturated carbocycles. The van der Waals surface area contributed by atoms with Gasteiger partial charge in [-0.15, -0.1) is 0 Å². The highest BCUT2D eigenvalue weighted by Crippen LogP contribution is 2.24. The summed E-state index contributed by atoms with van der Waals surface area (Å²) in [7, 11) is 0. The van der Waals surface area contributed by atoms with Crippen LogP contribution in [0.15, 0.2) is 40.9 Å². The van der Waals surface area contributed by atoms with Crippen molar-refractivity contribution >= 4 is 33.2 Å². The standard InChI is InChI=1S/C14H13BrN2O2/c1-8-2-5-13(18)10(6-8)14(19)17-9-3-4-11(15)12(16)7-9/h2-7,18H,16H2,1H3,(H,17,19). The predicted octanol–water partition coefficient (Wildman–Crippen LogP) is 3.30. The largest absolute Gasteiger partial charge is 0.507 e. The van der Waals surface area contributed by atoms with E-state index in [9.17, 15) is 9.90 Å². The molecule has 0 aliphatic rings. The first kappa shape index (κ1) is 13.4. The number of nitrogen functional groups attached to an aromatic ring is 1. The minimum atomic E-state index is -0.372. The molecule has 2 aromatic carbocycles. The van der Waals surface area contributed by atoms with Gasteiger partial charge in [0.15, 0.2) is 0 Å². The van der Waals surface area contributed by atoms with E-state index in [0.717, 1.165) is 10.0 Å². The van der Waals surface area contributed by atoms with Crippen LogP contribution in [-0.2, 0) is 0 Å². The molecule has 0 heterocycles. The number of hydrogen-bond acceptors (Lipinski definition) is 3. The zero-order valence-corrected chi connectivity index (χ0v) is 11.9. The molecule has 5 heteroatoms. The van der Waals surface area contributed by atoms with Crippen molar-refractivity contribution in [3.05, 3.63) is 52.0 Å². The Bertz CT molecular complexity index is 641. The summed E-state index contributed by atoms with van der Waals surface area (Å²) in [6.07, 6.45) is 0. The van der Waals surface area contributed by atoms with Gasteiger partial charge in [-0.2, -0.15) is 0 Å². The van der Waals surface area contributed by atoms with Crippen molar-refractivity contribution in [3.63, 3.8) is 0 Å². The van der Waals surface area contributed by atoms with Crippen LogP contribution in [-0.4, -0.2) is 11.0 Å². The number of aryl methyl sites for hydroxylation is 1. The van der Waals surface area contributed by atoms with E-state index in [2.05, 4.69) is 21.2 Å². The van der Waals surface area contributed by atoms with E-state index in [1.165, 1.54) is 6.07 Å². The zero-order chi connectivity index (χ0) is 14.0. The lowest BCUT2D eigenvalue weighted by molar-refractivity contribution is 0.102. The van der Waals surface area contributed by atoms with Crippen LogP contribution in [0.25, 0.3) is 0 Å². The summed E-state index contributed by atoms with van der Waals surface area (Å²) in [5, 5.41) is 12.4. The molecule has 0 aliphatic heterocycles. The van der Waals surface area contributed by atoms with Crippen molar-refractivity contribution in [1.29, 1.82) is 0 Å². The molecular formula is C14H13BrN2O2. The normalized spacial score (nSPS) is 10.2. The number of phenolic OH excluding ortho intramolecular Hbond substituents is 1. The quantitative estimate of drug-likeness (QED) is 0.743. The topological polar surface area (TPSA) is 75.3 Å². The van der Waals surface area contributed by atoms with Crippen LogP contribution in [0.5, 0.6) is 5.75 Å². The smallest absolute Gasteiger partial charge is 0.259 e. The number of nitrogens with one attached hydrogen (secondary N) is 1. The highest BCUT2D eigenvalue weighted by atomic mass is 79.9. The van der Waals surface area contributed by atoms with Gasteiger partial charge < -0.3 is 16.2 Å². The van der Waals surface area contributed by atoms with Crippen molar-refractivity contribution in [2.75, 3.05) is 11.1 Å². The molecule has 0 radical (unpaired) electrons. The monoisotopic (exact) mass is 320 g/mol. The van der Waals surface area contributed by atoms with E-state index in [4.69, 9.17) is 5.73 Å². The SMILES string of the molecule is Cc1ccc(O)c(C(=O)Nc2ccc(Br)c(N)c2)c1. The number of anilines is 2. The number of hydrogen-bond donors (Lipinski definition) is 3. The second-order valence-corrected chi connectivity index (χ2v) is 5.07. The van der Waals surface area contributed by atoms with Crippen LogP contribution in [0.4, 0.5) is 11.4 Å². The van der Waals surface area contributed by atoms with Gasteiger partial charge in [0.05, 0.1) is 5.56 Å². The molecule has 0 atom stereocenters. The van der Waals surface area contributed by atoms with Gasteiger partial charge >= 0.3 is 0 Å². The van der Waals surface area contributed by atoms with Gasteiger partial charge in [0.25, 0.3) is 5.91 Å². The van der Waals surface area contributed by atoms with Gasteiger partial charge in [-0.05, 0) is 53.2 Å². The summed E-state index contributed by atoms with van der Waals surface area (Å²) in [5.74, 6) is -0.420. The van der Waals surface area contributed by atoms with Crippen molar-refractivity contribution in [2.24, 2.45) is 0 Å². The second-order valence-electron chi connectivity index (χ2n) is 4.21. The molecule has 0 spiro atoms. The van der Waals surface area contributed by atoms with Gasteiger partial charge in [0.2, 0.25) is 0 Å². The van der Waals surface area contributed by atoms with Crippen LogP contribution in [0.1, 0.15) is 15.9 Å². The van der Waals surface area contributed by atoms with E-state index in [1.807, 2.05) is 6.92 Å². The molecule has 0 aliphatic carbocycles. The fourth-order valence-electron chi connectivity index (χ4n) is 1.65. The van der Waals surface area contributed by atoms with E-state index >= 15 is 0 Å². The molecule has 0 saturated heterocycles. The first-order chi connectivity index (χ1) is 8.97. The van der Waals surface area contributed by atoms with Crippen molar-refractivity contribution in [2.45, 2.75) is 6.92 Å². The molecule has 2 aromatic rings. The van der Waals surface area contributed by atoms with Crippen LogP contribution >= 0.6 is 15.9 Å². The molecular weight excluding hydrogens is 308 g/mol. The second kappa shape index (κ2) is 5.32. The Balaban J connectivity index is 2.25. The third-order valence-corrected chi connectivity index (χ3v) is 3.37. The van der Waals surface area contributed by atoms with Crippen molar-refractivity contribution in [1.82, 2.24) is 0 Å². The highest BCUT2D eigenvalue weighted by Gasteiger charge is 2.11. The van der Waals surface area contributed by atoms with E-state index < -0.39 is 0 Å². The number of halogens is 1. The molecule has 2 rings (SSSR count). The van der Waals surface area contributed by atoms with E-state index in [-0.39, 0.29) is 17.2 Å². The fraction of sp³-hybridized carbons (Fsp3) is 0.0714. The number of aromatic hydroxyl groups is 1. The maximum Gasteiger partial charge on any atom is 0.259 e. The summed E-state index contributed by atoms with van der Waals surface area (Å²) in [4.78, 5) is 12.1. The minimum Gasteiger partial charge on any atom is -0.507 e. The van der Waals surface area contributed by atoms with Gasteiger partial charge in [0.1, 0.15) is 5.75 Å². The van der Waals surface area contributed by atoms with Gasteiger partial charge in [-0.3, -0.25) is 4.79 Å². The first-order valence-corrected chi connectivity index (χ1v) is 6.42. The Labute approximate surface area is 119 Å². The Hall–Kier alpha value is -2.01. The summed E-state index contributed by atoms with van der Waals surface area (Å²) < 4.78 is 0.768. The summed E-state index contributed by atoms with van der Waals surface area (Å²) in [5.41, 5.74) is 7.99. The lowest BCUT2D eigenvalue weighted by Crippen LogP contribution is -2.12. The van der Waals surface area contributed by atoms with Crippen LogP contribution in [0.2, 0.25) is 0 Å². The van der Waals surface area contributed by atoms with Crippen LogP contribution < -0.4 is 11.1 Å². The zero-order valence-electron chi connectivity index (χ0n) is 10.3. The van der Waals surface area contributed by atoms with Crippen LogP contribution in [0, 0.1) is 6.92 Å². The lowest BCUT2D eigenvalue weighted by Gasteiger charge is -2.09. The summed E-state index contributed by atoms with van der Waals surface area (Å²) >= 11 is 3.28. The summed E-state index contributed by atoms with van der Waals surface area (Å²) in [6, 6.07) is 10.00. The average Bonchev–Trinajstić information content (AvgIpc) is 2.36. The van der Waals surface area contributed by atoms with E-state index in [1.54, 1.807) is 30.3 Å². The number of carbonyl (C=O) groups is 1. The molecule has 0 aromatic heterocycles. The molecule has 4 nitrogen and oxygen atoms in total. The van der Waals surface area contributed by atoms with Gasteiger partial charge in [-0.1, -0.05) is 11.6 Å². The minimum absolute atomic E-state index is 0.0480. The number of benzene rings is 2. The van der Waals surface area contributed by atoms with Gasteiger partial charge in [-0.25, -0.2) is 0 Å². The molecule has 0 bridgehead atoms. The maximum absolute atomic E-state index is 12.1. The third-order valence-electron chi connectivity index (χ3n) is 2.65. The molecule has 98 valence electrons. The molecule has 19 heavy (non-hydrogen) atoms. The predicted molar refractivity (Wildman–Crippen MR) is 79.4 cm³/mol. The highest BCUT2D eigenvalue weighted by molar-refractivity contribution is 9.10. The van der Waals surface area contributed by atoms with Crippen LogP contribution in [0.3, 0.4) is 0 Å². The Morgan fingerprint density at radius 2 is 2.00 bits per heavy atom. The Kier molecular flexibility index (Phi) is 3.76. The average molecular weight is 321 g/mol. The molecule has 1 amide bonds. The third kappa shape index (κ3) is 3.06. The van der Waals surface area contributed by atoms with Gasteiger partial charge in [0, 0.05) is 15.8 Å². The number of carbonyl (C=O) groups excluding carboxylic acids is 1. The number of rotatable bonds is 2. The lowest BCUT2D eigenvalue weighted by atomic mass is 10.1. The molecule has 0 fully saturated rings. The van der Waals surface area contributed by atoms with Crippen molar-refractivity contribution < 1.29 is 9.90 Å². The maximum atomic E-state index is 12.1. The number of amides is 1. The first-order valence-electron chi connectivity index (χ1n) is 5.63. The molecule has 0 unspecified atom stereocenters. The fourth-order valence-corrected chi connectivity index (χ4v) is 1.90. The molecule has 4 N–H and O–H groups in total. The van der Waals surface area contributed by atoms with E-state index in [0.29, 0.717) is 11.4 Å². The number of nitrogens with two attached hydrogens (primary N) is 1. The Morgan fingerprint density at radius 3 is 2.68 bits per heavy atom. The summed E-state index contributed by atoms with van der Waals surface area (Å²) in [6.45, 7) is 1.85. The Morgan fingerprint density at radius 1 is 1.26 bits per heavy atom. The number of phenols is 1.